The molecule has 0 aliphatic rings. The van der Waals surface area contributed by atoms with Crippen LogP contribution in [0.25, 0.3) is 10.8 Å². The molecule has 0 spiro atoms. The molecule has 2 aromatic carbocycles. The fraction of sp³-hybridized carbons (Fsp3) is 0.500. The first-order valence-electron chi connectivity index (χ1n) is 8.02. The van der Waals surface area contributed by atoms with Crippen LogP contribution in [0.4, 0.5) is 0 Å². The molecule has 0 aliphatic carbocycles. The second kappa shape index (κ2) is 6.19. The third kappa shape index (κ3) is 4.07. The summed E-state index contributed by atoms with van der Waals surface area (Å²) in [6.45, 7) is 11.4. The molecular formula is C20H29N. The molecule has 0 radical (unpaired) electrons. The zero-order valence-electron chi connectivity index (χ0n) is 14.1. The number of rotatable bonds is 4. The molecular weight excluding hydrogens is 254 g/mol. The minimum atomic E-state index is 0.118. The first kappa shape index (κ1) is 16.0. The fourth-order valence-corrected chi connectivity index (χ4v) is 3.49. The van der Waals surface area contributed by atoms with Crippen LogP contribution in [-0.4, -0.2) is 0 Å². The summed E-state index contributed by atoms with van der Waals surface area (Å²) in [5, 5.41) is 2.64. The number of hydrogen-bond donors (Lipinski definition) is 1. The van der Waals surface area contributed by atoms with Crippen molar-refractivity contribution in [1.82, 2.24) is 0 Å². The van der Waals surface area contributed by atoms with Crippen LogP contribution < -0.4 is 5.73 Å². The van der Waals surface area contributed by atoms with E-state index in [1.807, 2.05) is 0 Å². The van der Waals surface area contributed by atoms with Gasteiger partial charge in [0.25, 0.3) is 0 Å². The van der Waals surface area contributed by atoms with Crippen LogP contribution in [-0.2, 0) is 0 Å². The van der Waals surface area contributed by atoms with Crippen LogP contribution in [0.3, 0.4) is 0 Å². The van der Waals surface area contributed by atoms with Crippen molar-refractivity contribution < 1.29 is 0 Å². The van der Waals surface area contributed by atoms with Crippen LogP contribution in [0, 0.1) is 18.3 Å². The molecule has 0 heterocycles. The highest BCUT2D eigenvalue weighted by molar-refractivity contribution is 5.88. The van der Waals surface area contributed by atoms with Crippen LogP contribution in [0.1, 0.15) is 57.7 Å². The predicted molar refractivity (Wildman–Crippen MR) is 93.5 cm³/mol. The Morgan fingerprint density at radius 3 is 2.24 bits per heavy atom. The van der Waals surface area contributed by atoms with Gasteiger partial charge in [0.2, 0.25) is 0 Å². The lowest BCUT2D eigenvalue weighted by molar-refractivity contribution is 0.286. The summed E-state index contributed by atoms with van der Waals surface area (Å²) in [7, 11) is 0. The van der Waals surface area contributed by atoms with Crippen molar-refractivity contribution in [3.63, 3.8) is 0 Å². The molecule has 21 heavy (non-hydrogen) atoms. The van der Waals surface area contributed by atoms with Gasteiger partial charge in [-0.1, -0.05) is 64.1 Å². The van der Waals surface area contributed by atoms with E-state index in [2.05, 4.69) is 71.0 Å². The van der Waals surface area contributed by atoms with E-state index in [0.29, 0.717) is 11.3 Å². The molecule has 0 aromatic heterocycles. The molecule has 1 heteroatoms. The van der Waals surface area contributed by atoms with Crippen LogP contribution in [0.15, 0.2) is 36.4 Å². The van der Waals surface area contributed by atoms with Gasteiger partial charge in [-0.15, -0.1) is 0 Å². The lowest BCUT2D eigenvalue weighted by Gasteiger charge is -2.26. The largest absolute Gasteiger partial charge is 0.324 e. The molecule has 0 bridgehead atoms. The zero-order valence-corrected chi connectivity index (χ0v) is 14.1. The lowest BCUT2D eigenvalue weighted by atomic mass is 9.81. The summed E-state index contributed by atoms with van der Waals surface area (Å²) in [5.41, 5.74) is 9.51. The van der Waals surface area contributed by atoms with E-state index in [1.165, 1.54) is 28.3 Å². The third-order valence-electron chi connectivity index (χ3n) is 4.19. The predicted octanol–water partition coefficient (Wildman–Crippen LogP) is 5.61. The molecule has 114 valence electrons. The van der Waals surface area contributed by atoms with Crippen molar-refractivity contribution in [1.29, 1.82) is 0 Å². The maximum Gasteiger partial charge on any atom is 0.0303 e. The van der Waals surface area contributed by atoms with Gasteiger partial charge in [0.05, 0.1) is 0 Å². The summed E-state index contributed by atoms with van der Waals surface area (Å²) in [4.78, 5) is 0. The SMILES string of the molecule is Cc1ccc(C(N)CC(C)CC(C)(C)C)c2ccccc12. The maximum atomic E-state index is 6.53. The molecule has 2 N–H and O–H groups in total. The number of aryl methyl sites for hydroxylation is 1. The highest BCUT2D eigenvalue weighted by atomic mass is 14.6. The topological polar surface area (TPSA) is 26.0 Å². The number of fused-ring (bicyclic) bond motifs is 1. The average molecular weight is 283 g/mol. The molecule has 2 aromatic rings. The Labute approximate surface area is 129 Å². The van der Waals surface area contributed by atoms with Crippen LogP contribution >= 0.6 is 0 Å². The van der Waals surface area contributed by atoms with Crippen LogP contribution in [0.2, 0.25) is 0 Å². The van der Waals surface area contributed by atoms with Gasteiger partial charge in [-0.3, -0.25) is 0 Å². The lowest BCUT2D eigenvalue weighted by Crippen LogP contribution is -2.18. The standard InChI is InChI=1S/C20H29N/c1-14(13-20(3,4)5)12-19(21)18-11-10-15(2)16-8-6-7-9-17(16)18/h6-11,14,19H,12-13,21H2,1-5H3. The molecule has 0 aliphatic heterocycles. The van der Waals surface area contributed by atoms with Gasteiger partial charge in [-0.2, -0.15) is 0 Å². The monoisotopic (exact) mass is 283 g/mol. The smallest absolute Gasteiger partial charge is 0.0303 e. The minimum Gasteiger partial charge on any atom is -0.324 e. The quantitative estimate of drug-likeness (QED) is 0.775. The summed E-state index contributed by atoms with van der Waals surface area (Å²) >= 11 is 0. The number of hydrogen-bond acceptors (Lipinski definition) is 1. The van der Waals surface area contributed by atoms with Crippen LogP contribution in [0.5, 0.6) is 0 Å². The van der Waals surface area contributed by atoms with Crippen molar-refractivity contribution >= 4 is 10.8 Å². The van der Waals surface area contributed by atoms with E-state index in [1.54, 1.807) is 0 Å². The summed E-state index contributed by atoms with van der Waals surface area (Å²) in [6, 6.07) is 13.1. The van der Waals surface area contributed by atoms with Crippen molar-refractivity contribution in [2.75, 3.05) is 0 Å². The highest BCUT2D eigenvalue weighted by Gasteiger charge is 2.19. The second-order valence-corrected chi connectivity index (χ2v) is 7.73. The minimum absolute atomic E-state index is 0.118. The van der Waals surface area contributed by atoms with Gasteiger partial charge in [0.1, 0.15) is 0 Å². The molecule has 2 rings (SSSR count). The van der Waals surface area contributed by atoms with Gasteiger partial charge in [0, 0.05) is 6.04 Å². The fourth-order valence-electron chi connectivity index (χ4n) is 3.49. The van der Waals surface area contributed by atoms with Gasteiger partial charge >= 0.3 is 0 Å². The van der Waals surface area contributed by atoms with E-state index < -0.39 is 0 Å². The van der Waals surface area contributed by atoms with Crippen molar-refractivity contribution in [3.05, 3.63) is 47.5 Å². The molecule has 1 nitrogen and oxygen atoms in total. The second-order valence-electron chi connectivity index (χ2n) is 7.73. The van der Waals surface area contributed by atoms with Crippen molar-refractivity contribution in [2.24, 2.45) is 17.1 Å². The Hall–Kier alpha value is -1.34. The van der Waals surface area contributed by atoms with E-state index in [0.717, 1.165) is 6.42 Å². The van der Waals surface area contributed by atoms with E-state index in [-0.39, 0.29) is 6.04 Å². The zero-order chi connectivity index (χ0) is 15.6. The molecule has 0 saturated heterocycles. The molecule has 2 atom stereocenters. The molecule has 0 fully saturated rings. The Morgan fingerprint density at radius 2 is 1.62 bits per heavy atom. The first-order valence-corrected chi connectivity index (χ1v) is 8.02. The highest BCUT2D eigenvalue weighted by Crippen LogP contribution is 2.32. The first-order chi connectivity index (χ1) is 9.78. The Bertz CT molecular complexity index is 607. The van der Waals surface area contributed by atoms with Gasteiger partial charge in [-0.25, -0.2) is 0 Å². The third-order valence-corrected chi connectivity index (χ3v) is 4.19. The van der Waals surface area contributed by atoms with E-state index in [9.17, 15) is 0 Å². The van der Waals surface area contributed by atoms with Gasteiger partial charge < -0.3 is 5.73 Å². The number of benzene rings is 2. The molecule has 0 saturated carbocycles. The van der Waals surface area contributed by atoms with E-state index >= 15 is 0 Å². The summed E-state index contributed by atoms with van der Waals surface area (Å²) < 4.78 is 0. The maximum absolute atomic E-state index is 6.53. The number of nitrogens with two attached hydrogens (primary N) is 1. The van der Waals surface area contributed by atoms with E-state index in [4.69, 9.17) is 5.73 Å². The summed E-state index contributed by atoms with van der Waals surface area (Å²) in [6.07, 6.45) is 2.26. The van der Waals surface area contributed by atoms with Crippen molar-refractivity contribution in [3.8, 4) is 0 Å². The Kier molecular flexibility index (Phi) is 4.73. The molecule has 2 unspecified atom stereocenters. The van der Waals surface area contributed by atoms with Gasteiger partial charge in [-0.05, 0) is 53.0 Å². The molecule has 0 amide bonds. The summed E-state index contributed by atoms with van der Waals surface area (Å²) in [5.74, 6) is 0.639. The normalized spacial score (nSPS) is 15.1. The van der Waals surface area contributed by atoms with Crippen molar-refractivity contribution in [2.45, 2.75) is 53.5 Å². The van der Waals surface area contributed by atoms with Gasteiger partial charge in [0.15, 0.2) is 0 Å². The average Bonchev–Trinajstić information content (AvgIpc) is 2.37. The Balaban J connectivity index is 2.24. The Morgan fingerprint density at radius 1 is 1.00 bits per heavy atom.